The minimum Gasteiger partial charge on any atom is -0.388 e. The normalized spacial score (nSPS) is 16.4. The zero-order valence-corrected chi connectivity index (χ0v) is 9.30. The summed E-state index contributed by atoms with van der Waals surface area (Å²) in [7, 11) is 0. The highest BCUT2D eigenvalue weighted by molar-refractivity contribution is 5.76. The maximum Gasteiger partial charge on any atom is 0.242 e. The fourth-order valence-corrected chi connectivity index (χ4v) is 2.02. The number of carbonyl (C=O) groups excluding carboxylic acids is 1. The highest BCUT2D eigenvalue weighted by Gasteiger charge is 2.17. The number of carbonyl (C=O) groups is 1. The molecule has 16 heavy (non-hydrogen) atoms. The molecule has 0 bridgehead atoms. The lowest BCUT2D eigenvalue weighted by molar-refractivity contribution is -0.132. The summed E-state index contributed by atoms with van der Waals surface area (Å²) in [6, 6.07) is 0. The van der Waals surface area contributed by atoms with Crippen molar-refractivity contribution in [3.05, 3.63) is 18.2 Å². The van der Waals surface area contributed by atoms with E-state index in [1.165, 1.54) is 6.42 Å². The largest absolute Gasteiger partial charge is 0.388 e. The summed E-state index contributed by atoms with van der Waals surface area (Å²) in [6.07, 6.45) is 6.75. The van der Waals surface area contributed by atoms with E-state index in [9.17, 15) is 4.79 Å². The molecule has 0 spiro atoms. The summed E-state index contributed by atoms with van der Waals surface area (Å²) in [5, 5.41) is 9.02. The number of aromatic nitrogens is 2. The first kappa shape index (κ1) is 11.1. The van der Waals surface area contributed by atoms with Crippen LogP contribution in [0.5, 0.6) is 0 Å². The number of amides is 1. The van der Waals surface area contributed by atoms with Gasteiger partial charge in [0.2, 0.25) is 5.91 Å². The molecule has 1 N–H and O–H groups in total. The van der Waals surface area contributed by atoms with Crippen molar-refractivity contribution >= 4 is 5.91 Å². The summed E-state index contributed by atoms with van der Waals surface area (Å²) >= 11 is 0. The number of rotatable bonds is 3. The van der Waals surface area contributed by atoms with Gasteiger partial charge in [0.1, 0.15) is 19.0 Å². The van der Waals surface area contributed by atoms with Crippen LogP contribution in [0.25, 0.3) is 0 Å². The summed E-state index contributed by atoms with van der Waals surface area (Å²) in [4.78, 5) is 17.8. The average molecular weight is 223 g/mol. The molecule has 5 nitrogen and oxygen atoms in total. The quantitative estimate of drug-likeness (QED) is 0.806. The first-order valence-electron chi connectivity index (χ1n) is 5.70. The van der Waals surface area contributed by atoms with E-state index in [-0.39, 0.29) is 19.1 Å². The van der Waals surface area contributed by atoms with Gasteiger partial charge in [-0.25, -0.2) is 4.98 Å². The molecule has 88 valence electrons. The molecule has 1 fully saturated rings. The molecule has 1 aliphatic heterocycles. The van der Waals surface area contributed by atoms with Crippen molar-refractivity contribution in [2.75, 3.05) is 13.1 Å². The van der Waals surface area contributed by atoms with Crippen LogP contribution in [0, 0.1) is 0 Å². The van der Waals surface area contributed by atoms with Crippen LogP contribution < -0.4 is 0 Å². The molecule has 0 aromatic carbocycles. The molecule has 1 saturated heterocycles. The van der Waals surface area contributed by atoms with Crippen LogP contribution in [-0.4, -0.2) is 38.6 Å². The second kappa shape index (κ2) is 5.12. The van der Waals surface area contributed by atoms with Crippen molar-refractivity contribution in [3.8, 4) is 0 Å². The lowest BCUT2D eigenvalue weighted by Gasteiger charge is -2.27. The standard InChI is InChI=1S/C11H17N3O2/c15-9-10-12-4-7-14(10)8-11(16)13-5-2-1-3-6-13/h4,7,15H,1-3,5-6,8-9H2. The zero-order valence-electron chi connectivity index (χ0n) is 9.30. The Hall–Kier alpha value is -1.36. The third-order valence-electron chi connectivity index (χ3n) is 2.96. The second-order valence-corrected chi connectivity index (χ2v) is 4.07. The lowest BCUT2D eigenvalue weighted by Crippen LogP contribution is -2.37. The van der Waals surface area contributed by atoms with Crippen LogP contribution in [0.4, 0.5) is 0 Å². The Morgan fingerprint density at radius 3 is 2.81 bits per heavy atom. The molecule has 0 unspecified atom stereocenters. The van der Waals surface area contributed by atoms with Gasteiger partial charge in [0.15, 0.2) is 0 Å². The molecule has 5 heteroatoms. The summed E-state index contributed by atoms with van der Waals surface area (Å²) in [5.74, 6) is 0.665. The van der Waals surface area contributed by atoms with Gasteiger partial charge in [-0.3, -0.25) is 4.79 Å². The monoisotopic (exact) mass is 223 g/mol. The van der Waals surface area contributed by atoms with Crippen molar-refractivity contribution in [1.82, 2.24) is 14.5 Å². The summed E-state index contributed by atoms with van der Waals surface area (Å²) < 4.78 is 1.71. The van der Waals surface area contributed by atoms with E-state index in [1.807, 2.05) is 4.90 Å². The summed E-state index contributed by atoms with van der Waals surface area (Å²) in [5.41, 5.74) is 0. The first-order chi connectivity index (χ1) is 7.81. The van der Waals surface area contributed by atoms with Gasteiger partial charge in [-0.1, -0.05) is 0 Å². The minimum atomic E-state index is -0.125. The molecule has 0 atom stereocenters. The Bertz CT molecular complexity index is 356. The van der Waals surface area contributed by atoms with E-state index in [0.29, 0.717) is 5.82 Å². The number of hydrogen-bond acceptors (Lipinski definition) is 3. The number of imidazole rings is 1. The molecule has 2 rings (SSSR count). The van der Waals surface area contributed by atoms with E-state index in [4.69, 9.17) is 5.11 Å². The van der Waals surface area contributed by atoms with Gasteiger partial charge in [-0.15, -0.1) is 0 Å². The molecular weight excluding hydrogens is 206 g/mol. The Labute approximate surface area is 94.7 Å². The number of likely N-dealkylation sites (tertiary alicyclic amines) is 1. The van der Waals surface area contributed by atoms with Gasteiger partial charge >= 0.3 is 0 Å². The fourth-order valence-electron chi connectivity index (χ4n) is 2.02. The molecule has 0 aliphatic carbocycles. The minimum absolute atomic E-state index is 0.118. The highest BCUT2D eigenvalue weighted by atomic mass is 16.3. The van der Waals surface area contributed by atoms with Gasteiger partial charge in [0.25, 0.3) is 0 Å². The molecule has 1 aromatic rings. The molecule has 0 radical (unpaired) electrons. The number of piperidine rings is 1. The van der Waals surface area contributed by atoms with E-state index >= 15 is 0 Å². The van der Waals surface area contributed by atoms with E-state index in [0.717, 1.165) is 25.9 Å². The van der Waals surface area contributed by atoms with Crippen molar-refractivity contribution in [2.24, 2.45) is 0 Å². The smallest absolute Gasteiger partial charge is 0.242 e. The summed E-state index contributed by atoms with van der Waals surface area (Å²) in [6.45, 7) is 1.89. The van der Waals surface area contributed by atoms with Crippen molar-refractivity contribution in [1.29, 1.82) is 0 Å². The fraction of sp³-hybridized carbons (Fsp3) is 0.636. The van der Waals surface area contributed by atoms with Crippen molar-refractivity contribution in [3.63, 3.8) is 0 Å². The topological polar surface area (TPSA) is 58.4 Å². The highest BCUT2D eigenvalue weighted by Crippen LogP contribution is 2.09. The average Bonchev–Trinajstić information content (AvgIpc) is 2.77. The Morgan fingerprint density at radius 2 is 2.12 bits per heavy atom. The predicted octanol–water partition coefficient (Wildman–Crippen LogP) is 0.388. The maximum atomic E-state index is 11.9. The van der Waals surface area contributed by atoms with E-state index in [1.54, 1.807) is 17.0 Å². The number of aliphatic hydroxyl groups excluding tert-OH is 1. The molecular formula is C11H17N3O2. The van der Waals surface area contributed by atoms with Crippen LogP contribution in [0.2, 0.25) is 0 Å². The van der Waals surface area contributed by atoms with Crippen LogP contribution in [-0.2, 0) is 17.9 Å². The van der Waals surface area contributed by atoms with Gasteiger partial charge in [-0.05, 0) is 19.3 Å². The zero-order chi connectivity index (χ0) is 11.4. The SMILES string of the molecule is O=C(Cn1ccnc1CO)N1CCCCC1. The lowest BCUT2D eigenvalue weighted by atomic mass is 10.1. The van der Waals surface area contributed by atoms with Gasteiger partial charge < -0.3 is 14.6 Å². The number of hydrogen-bond donors (Lipinski definition) is 1. The van der Waals surface area contributed by atoms with Crippen LogP contribution in [0.1, 0.15) is 25.1 Å². The molecule has 1 aliphatic rings. The first-order valence-corrected chi connectivity index (χ1v) is 5.70. The predicted molar refractivity (Wildman–Crippen MR) is 58.6 cm³/mol. The molecule has 2 heterocycles. The second-order valence-electron chi connectivity index (χ2n) is 4.07. The van der Waals surface area contributed by atoms with Crippen LogP contribution >= 0.6 is 0 Å². The molecule has 1 aromatic heterocycles. The van der Waals surface area contributed by atoms with E-state index in [2.05, 4.69) is 4.98 Å². The Morgan fingerprint density at radius 1 is 1.38 bits per heavy atom. The Balaban J connectivity index is 1.95. The number of nitrogens with zero attached hydrogens (tertiary/aromatic N) is 3. The van der Waals surface area contributed by atoms with E-state index < -0.39 is 0 Å². The third-order valence-corrected chi connectivity index (χ3v) is 2.96. The number of aliphatic hydroxyl groups is 1. The van der Waals surface area contributed by atoms with Crippen LogP contribution in [0.15, 0.2) is 12.4 Å². The molecule has 1 amide bonds. The molecule has 0 saturated carbocycles. The maximum absolute atomic E-state index is 11.9. The van der Waals surface area contributed by atoms with Gasteiger partial charge in [-0.2, -0.15) is 0 Å². The van der Waals surface area contributed by atoms with Gasteiger partial charge in [0.05, 0.1) is 0 Å². The van der Waals surface area contributed by atoms with Crippen molar-refractivity contribution < 1.29 is 9.90 Å². The van der Waals surface area contributed by atoms with Crippen molar-refractivity contribution in [2.45, 2.75) is 32.4 Å². The van der Waals surface area contributed by atoms with Crippen LogP contribution in [0.3, 0.4) is 0 Å². The third kappa shape index (κ3) is 2.41. The van der Waals surface area contributed by atoms with Gasteiger partial charge in [0, 0.05) is 25.5 Å². The Kier molecular flexibility index (Phi) is 3.56.